The largest absolute Gasteiger partial charge is 0.397 e. The van der Waals surface area contributed by atoms with Crippen LogP contribution in [0.1, 0.15) is 29.4 Å². The van der Waals surface area contributed by atoms with E-state index in [1.54, 1.807) is 0 Å². The first-order valence-electron chi connectivity index (χ1n) is 4.63. The molecule has 2 aliphatic rings. The lowest BCUT2D eigenvalue weighted by atomic mass is 9.96. The van der Waals surface area contributed by atoms with E-state index in [0.29, 0.717) is 11.8 Å². The summed E-state index contributed by atoms with van der Waals surface area (Å²) in [7, 11) is 0. The number of hydrogen-bond acceptors (Lipinski definition) is 2. The maximum absolute atomic E-state index is 5.78. The predicted molar refractivity (Wildman–Crippen MR) is 54.5 cm³/mol. The molecule has 0 heterocycles. The third kappa shape index (κ3) is 0.777. The van der Waals surface area contributed by atoms with E-state index in [1.807, 2.05) is 12.1 Å². The molecule has 0 fully saturated rings. The Morgan fingerprint density at radius 2 is 1.38 bits per heavy atom. The van der Waals surface area contributed by atoms with Gasteiger partial charge in [-0.1, -0.05) is 12.2 Å². The predicted octanol–water partition coefficient (Wildman–Crippen LogP) is 1.99. The lowest BCUT2D eigenvalue weighted by Crippen LogP contribution is -2.00. The first-order valence-corrected chi connectivity index (χ1v) is 4.63. The zero-order valence-electron chi connectivity index (χ0n) is 7.33. The molecule has 1 aromatic rings. The molecule has 0 aromatic heterocycles. The summed E-state index contributed by atoms with van der Waals surface area (Å²) in [6, 6.07) is 4.08. The molecule has 13 heavy (non-hydrogen) atoms. The molecule has 0 radical (unpaired) electrons. The van der Waals surface area contributed by atoms with Crippen molar-refractivity contribution in [3.63, 3.8) is 0 Å². The van der Waals surface area contributed by atoms with Crippen LogP contribution in [0, 0.1) is 0 Å². The maximum Gasteiger partial charge on any atom is 0.0550 e. The summed E-state index contributed by atoms with van der Waals surface area (Å²) in [5.41, 5.74) is 15.8. The van der Waals surface area contributed by atoms with E-state index in [1.165, 1.54) is 17.5 Å². The average Bonchev–Trinajstić information content (AvgIpc) is 2.67. The fourth-order valence-electron chi connectivity index (χ4n) is 2.47. The van der Waals surface area contributed by atoms with Crippen molar-refractivity contribution in [2.75, 3.05) is 11.5 Å². The van der Waals surface area contributed by atoms with E-state index < -0.39 is 0 Å². The molecule has 2 unspecified atom stereocenters. The maximum atomic E-state index is 5.78. The molecule has 3 rings (SSSR count). The zero-order chi connectivity index (χ0) is 9.00. The Kier molecular flexibility index (Phi) is 1.12. The highest BCUT2D eigenvalue weighted by atomic mass is 14.7. The molecule has 2 bridgehead atoms. The summed E-state index contributed by atoms with van der Waals surface area (Å²) >= 11 is 0. The minimum Gasteiger partial charge on any atom is -0.397 e. The van der Waals surface area contributed by atoms with Crippen molar-refractivity contribution in [2.24, 2.45) is 0 Å². The minimum absolute atomic E-state index is 0.600. The molecule has 4 N–H and O–H groups in total. The van der Waals surface area contributed by atoms with Gasteiger partial charge in [-0.25, -0.2) is 0 Å². The van der Waals surface area contributed by atoms with Crippen molar-refractivity contribution in [3.05, 3.63) is 35.4 Å². The summed E-state index contributed by atoms with van der Waals surface area (Å²) in [6.07, 6.45) is 5.78. The van der Waals surface area contributed by atoms with E-state index in [-0.39, 0.29) is 0 Å². The topological polar surface area (TPSA) is 52.0 Å². The van der Waals surface area contributed by atoms with Gasteiger partial charge in [-0.15, -0.1) is 0 Å². The fourth-order valence-corrected chi connectivity index (χ4v) is 2.47. The van der Waals surface area contributed by atoms with E-state index in [2.05, 4.69) is 12.2 Å². The first kappa shape index (κ1) is 7.01. The van der Waals surface area contributed by atoms with Crippen LogP contribution in [-0.4, -0.2) is 0 Å². The molecule has 66 valence electrons. The number of nitrogens with two attached hydrogens (primary N) is 2. The van der Waals surface area contributed by atoms with Crippen LogP contribution in [0.25, 0.3) is 0 Å². The van der Waals surface area contributed by atoms with Crippen molar-refractivity contribution >= 4 is 11.4 Å². The van der Waals surface area contributed by atoms with Crippen LogP contribution in [0.4, 0.5) is 11.4 Å². The van der Waals surface area contributed by atoms with Crippen LogP contribution in [0.2, 0.25) is 0 Å². The van der Waals surface area contributed by atoms with Gasteiger partial charge >= 0.3 is 0 Å². The van der Waals surface area contributed by atoms with Gasteiger partial charge in [0.15, 0.2) is 0 Å². The molecule has 2 nitrogen and oxygen atoms in total. The summed E-state index contributed by atoms with van der Waals surface area (Å²) in [5.74, 6) is 1.20. The number of rotatable bonds is 0. The monoisotopic (exact) mass is 172 g/mol. The second-order valence-corrected chi connectivity index (χ2v) is 3.94. The Morgan fingerprint density at radius 3 is 1.85 bits per heavy atom. The standard InChI is InChI=1S/C11H12N2/c12-10-4-8-6-1-2-7(3-6)9(8)5-11(10)13/h1-2,4-7H,3,12-13H2. The molecule has 2 heteroatoms. The van der Waals surface area contributed by atoms with Gasteiger partial charge in [0, 0.05) is 11.8 Å². The molecule has 0 spiro atoms. The number of nitrogen functional groups attached to an aromatic ring is 2. The van der Waals surface area contributed by atoms with Crippen molar-refractivity contribution in [3.8, 4) is 0 Å². The van der Waals surface area contributed by atoms with Crippen molar-refractivity contribution in [1.29, 1.82) is 0 Å². The van der Waals surface area contributed by atoms with Gasteiger partial charge in [0.25, 0.3) is 0 Å². The van der Waals surface area contributed by atoms with Gasteiger partial charge in [-0.2, -0.15) is 0 Å². The third-order valence-electron chi connectivity index (χ3n) is 3.17. The summed E-state index contributed by atoms with van der Waals surface area (Å²) in [6.45, 7) is 0. The Balaban J connectivity index is 2.25. The fraction of sp³-hybridized carbons (Fsp3) is 0.273. The molecular weight excluding hydrogens is 160 g/mol. The van der Waals surface area contributed by atoms with Crippen molar-refractivity contribution in [1.82, 2.24) is 0 Å². The SMILES string of the molecule is Nc1cc2c(cc1N)C1C=CC2C1. The van der Waals surface area contributed by atoms with Crippen LogP contribution in [0.15, 0.2) is 24.3 Å². The second-order valence-electron chi connectivity index (χ2n) is 3.94. The number of allylic oxidation sites excluding steroid dienone is 2. The molecular formula is C11H12N2. The van der Waals surface area contributed by atoms with Crippen LogP contribution < -0.4 is 11.5 Å². The second kappa shape index (κ2) is 2.08. The van der Waals surface area contributed by atoms with Crippen molar-refractivity contribution < 1.29 is 0 Å². The van der Waals surface area contributed by atoms with Crippen LogP contribution in [0.5, 0.6) is 0 Å². The first-order chi connectivity index (χ1) is 6.25. The molecule has 0 saturated carbocycles. The Hall–Kier alpha value is -1.44. The summed E-state index contributed by atoms with van der Waals surface area (Å²) < 4.78 is 0. The number of fused-ring (bicyclic) bond motifs is 5. The van der Waals surface area contributed by atoms with Gasteiger partial charge < -0.3 is 11.5 Å². The number of anilines is 2. The van der Waals surface area contributed by atoms with E-state index in [0.717, 1.165) is 11.4 Å². The smallest absolute Gasteiger partial charge is 0.0550 e. The van der Waals surface area contributed by atoms with E-state index >= 15 is 0 Å². The third-order valence-corrected chi connectivity index (χ3v) is 3.17. The van der Waals surface area contributed by atoms with Crippen LogP contribution >= 0.6 is 0 Å². The molecule has 2 aliphatic carbocycles. The zero-order valence-corrected chi connectivity index (χ0v) is 7.33. The highest BCUT2D eigenvalue weighted by molar-refractivity contribution is 5.69. The van der Waals surface area contributed by atoms with Gasteiger partial charge in [0.2, 0.25) is 0 Å². The molecule has 0 amide bonds. The van der Waals surface area contributed by atoms with E-state index in [9.17, 15) is 0 Å². The van der Waals surface area contributed by atoms with Gasteiger partial charge in [-0.3, -0.25) is 0 Å². The number of hydrogen-bond donors (Lipinski definition) is 2. The Labute approximate surface area is 77.2 Å². The number of benzene rings is 1. The Bertz CT molecular complexity index is 370. The molecule has 0 saturated heterocycles. The highest BCUT2D eigenvalue weighted by Crippen LogP contribution is 2.49. The summed E-state index contributed by atoms with van der Waals surface area (Å²) in [4.78, 5) is 0. The molecule has 1 aromatic carbocycles. The van der Waals surface area contributed by atoms with Gasteiger partial charge in [-0.05, 0) is 29.7 Å². The molecule has 2 atom stereocenters. The van der Waals surface area contributed by atoms with Crippen molar-refractivity contribution in [2.45, 2.75) is 18.3 Å². The Morgan fingerprint density at radius 1 is 0.923 bits per heavy atom. The van der Waals surface area contributed by atoms with Crippen LogP contribution in [-0.2, 0) is 0 Å². The quantitative estimate of drug-likeness (QED) is 0.464. The normalized spacial score (nSPS) is 28.0. The van der Waals surface area contributed by atoms with Gasteiger partial charge in [0.1, 0.15) is 0 Å². The van der Waals surface area contributed by atoms with E-state index in [4.69, 9.17) is 11.5 Å². The summed E-state index contributed by atoms with van der Waals surface area (Å²) in [5, 5.41) is 0. The molecule has 0 aliphatic heterocycles. The highest BCUT2D eigenvalue weighted by Gasteiger charge is 2.32. The average molecular weight is 172 g/mol. The lowest BCUT2D eigenvalue weighted by Gasteiger charge is -2.12. The minimum atomic E-state index is 0.600. The lowest BCUT2D eigenvalue weighted by molar-refractivity contribution is 0.805. The van der Waals surface area contributed by atoms with Gasteiger partial charge in [0.05, 0.1) is 11.4 Å². The van der Waals surface area contributed by atoms with Crippen LogP contribution in [0.3, 0.4) is 0 Å².